The number of thioether (sulfide) groups is 1. The molecule has 2 aromatic rings. The minimum atomic E-state index is -0.458. The maximum absolute atomic E-state index is 11.3. The Morgan fingerprint density at radius 3 is 2.84 bits per heavy atom. The lowest BCUT2D eigenvalue weighted by Gasteiger charge is -2.05. The van der Waals surface area contributed by atoms with Crippen LogP contribution < -0.4 is 5.73 Å². The first-order chi connectivity index (χ1) is 9.10. The molecule has 2 rings (SSSR count). The molecule has 5 heteroatoms. The third-order valence-electron chi connectivity index (χ3n) is 2.62. The summed E-state index contributed by atoms with van der Waals surface area (Å²) in [6.07, 6.45) is 0. The van der Waals surface area contributed by atoms with Crippen molar-refractivity contribution in [2.24, 2.45) is 0 Å². The molecule has 1 heterocycles. The van der Waals surface area contributed by atoms with Crippen molar-refractivity contribution in [1.82, 2.24) is 0 Å². The molecule has 0 spiro atoms. The van der Waals surface area contributed by atoms with Crippen LogP contribution in [0.25, 0.3) is 0 Å². The van der Waals surface area contributed by atoms with E-state index in [9.17, 15) is 4.79 Å². The monoisotopic (exact) mass is 277 g/mol. The summed E-state index contributed by atoms with van der Waals surface area (Å²) < 4.78 is 9.99. The lowest BCUT2D eigenvalue weighted by Crippen LogP contribution is -1.98. The van der Waals surface area contributed by atoms with Crippen LogP contribution in [0.15, 0.2) is 39.6 Å². The van der Waals surface area contributed by atoms with Crippen molar-refractivity contribution < 1.29 is 13.9 Å². The lowest BCUT2D eigenvalue weighted by molar-refractivity contribution is 0.0563. The van der Waals surface area contributed by atoms with Gasteiger partial charge >= 0.3 is 5.97 Å². The number of anilines is 1. The SMILES string of the molecule is COC(=O)c1ccc(CSc2ccc(N)cc2C)o1. The Labute approximate surface area is 115 Å². The fraction of sp³-hybridized carbons (Fsp3) is 0.214. The molecular formula is C14H15NO3S. The molecule has 4 nitrogen and oxygen atoms in total. The van der Waals surface area contributed by atoms with Crippen molar-refractivity contribution in [3.05, 3.63) is 47.4 Å². The van der Waals surface area contributed by atoms with E-state index in [-0.39, 0.29) is 5.76 Å². The normalized spacial score (nSPS) is 10.4. The summed E-state index contributed by atoms with van der Waals surface area (Å²) in [6.45, 7) is 2.01. The van der Waals surface area contributed by atoms with Crippen LogP contribution in [-0.4, -0.2) is 13.1 Å². The minimum absolute atomic E-state index is 0.229. The second-order valence-corrected chi connectivity index (χ2v) is 5.09. The molecule has 2 N–H and O–H groups in total. The number of nitrogen functional groups attached to an aromatic ring is 1. The number of benzene rings is 1. The zero-order chi connectivity index (χ0) is 13.8. The Morgan fingerprint density at radius 2 is 2.16 bits per heavy atom. The van der Waals surface area contributed by atoms with E-state index in [0.29, 0.717) is 5.75 Å². The molecule has 0 aliphatic carbocycles. The Hall–Kier alpha value is -1.88. The van der Waals surface area contributed by atoms with Crippen LogP contribution in [0.5, 0.6) is 0 Å². The lowest BCUT2D eigenvalue weighted by atomic mass is 10.2. The highest BCUT2D eigenvalue weighted by atomic mass is 32.2. The summed E-state index contributed by atoms with van der Waals surface area (Å²) in [6, 6.07) is 9.20. The van der Waals surface area contributed by atoms with Crippen molar-refractivity contribution in [1.29, 1.82) is 0 Å². The average Bonchev–Trinajstić information content (AvgIpc) is 2.85. The molecule has 1 aromatic heterocycles. The van der Waals surface area contributed by atoms with Gasteiger partial charge in [0.25, 0.3) is 0 Å². The first-order valence-corrected chi connectivity index (χ1v) is 6.74. The highest BCUT2D eigenvalue weighted by Crippen LogP contribution is 2.28. The fourth-order valence-corrected chi connectivity index (χ4v) is 2.55. The van der Waals surface area contributed by atoms with Gasteiger partial charge in [-0.25, -0.2) is 4.79 Å². The first-order valence-electron chi connectivity index (χ1n) is 5.76. The molecule has 0 saturated heterocycles. The Kier molecular flexibility index (Phi) is 4.16. The second kappa shape index (κ2) is 5.84. The second-order valence-electron chi connectivity index (χ2n) is 4.07. The van der Waals surface area contributed by atoms with E-state index in [2.05, 4.69) is 4.74 Å². The van der Waals surface area contributed by atoms with Gasteiger partial charge in [-0.2, -0.15) is 0 Å². The van der Waals surface area contributed by atoms with Crippen LogP contribution >= 0.6 is 11.8 Å². The van der Waals surface area contributed by atoms with E-state index >= 15 is 0 Å². The van der Waals surface area contributed by atoms with E-state index in [1.807, 2.05) is 25.1 Å². The van der Waals surface area contributed by atoms with Crippen LogP contribution in [0, 0.1) is 6.92 Å². The van der Waals surface area contributed by atoms with Crippen LogP contribution in [0.1, 0.15) is 21.9 Å². The van der Waals surface area contributed by atoms with Gasteiger partial charge in [-0.15, -0.1) is 11.8 Å². The van der Waals surface area contributed by atoms with Crippen LogP contribution in [0.2, 0.25) is 0 Å². The number of carbonyl (C=O) groups is 1. The van der Waals surface area contributed by atoms with Gasteiger partial charge in [-0.1, -0.05) is 0 Å². The van der Waals surface area contributed by atoms with E-state index in [1.165, 1.54) is 7.11 Å². The molecule has 1 aromatic carbocycles. The maximum atomic E-state index is 11.3. The number of hydrogen-bond acceptors (Lipinski definition) is 5. The highest BCUT2D eigenvalue weighted by Gasteiger charge is 2.11. The predicted octanol–water partition coefficient (Wildman–Crippen LogP) is 3.25. The van der Waals surface area contributed by atoms with Gasteiger partial charge in [0.15, 0.2) is 0 Å². The van der Waals surface area contributed by atoms with Gasteiger partial charge in [0.2, 0.25) is 5.76 Å². The molecule has 0 fully saturated rings. The number of methoxy groups -OCH3 is 1. The van der Waals surface area contributed by atoms with Crippen molar-refractivity contribution in [3.8, 4) is 0 Å². The largest absolute Gasteiger partial charge is 0.463 e. The van der Waals surface area contributed by atoms with Gasteiger partial charge in [0, 0.05) is 10.6 Å². The molecule has 0 saturated carbocycles. The summed E-state index contributed by atoms with van der Waals surface area (Å²) in [7, 11) is 1.33. The number of rotatable bonds is 4. The smallest absolute Gasteiger partial charge is 0.373 e. The van der Waals surface area contributed by atoms with E-state index in [1.54, 1.807) is 23.9 Å². The number of hydrogen-bond donors (Lipinski definition) is 1. The van der Waals surface area contributed by atoms with Gasteiger partial charge in [-0.3, -0.25) is 0 Å². The van der Waals surface area contributed by atoms with Crippen LogP contribution in [-0.2, 0) is 10.5 Å². The molecule has 0 aliphatic heterocycles. The number of nitrogens with two attached hydrogens (primary N) is 1. The number of aryl methyl sites for hydroxylation is 1. The summed E-state index contributed by atoms with van der Waals surface area (Å²) in [5.41, 5.74) is 7.59. The fourth-order valence-electron chi connectivity index (χ4n) is 1.65. The Bertz CT molecular complexity index is 592. The summed E-state index contributed by atoms with van der Waals surface area (Å²) in [5.74, 6) is 1.16. The molecule has 0 bridgehead atoms. The van der Waals surface area contributed by atoms with Crippen LogP contribution in [0.4, 0.5) is 5.69 Å². The molecule has 0 amide bonds. The van der Waals surface area contributed by atoms with Crippen molar-refractivity contribution in [2.45, 2.75) is 17.6 Å². The molecule has 0 atom stereocenters. The summed E-state index contributed by atoms with van der Waals surface area (Å²) in [5, 5.41) is 0. The van der Waals surface area contributed by atoms with E-state index in [4.69, 9.17) is 10.2 Å². The van der Waals surface area contributed by atoms with Crippen molar-refractivity contribution in [2.75, 3.05) is 12.8 Å². The average molecular weight is 277 g/mol. The zero-order valence-electron chi connectivity index (χ0n) is 10.8. The quantitative estimate of drug-likeness (QED) is 0.528. The standard InChI is InChI=1S/C14H15NO3S/c1-9-7-10(15)3-6-13(9)19-8-11-4-5-12(18-11)14(16)17-2/h3-7H,8,15H2,1-2H3. The Morgan fingerprint density at radius 1 is 1.37 bits per heavy atom. The highest BCUT2D eigenvalue weighted by molar-refractivity contribution is 7.98. The first kappa shape index (κ1) is 13.5. The van der Waals surface area contributed by atoms with E-state index < -0.39 is 5.97 Å². The van der Waals surface area contributed by atoms with Gasteiger partial charge < -0.3 is 14.9 Å². The molecule has 100 valence electrons. The molecule has 19 heavy (non-hydrogen) atoms. The summed E-state index contributed by atoms with van der Waals surface area (Å²) in [4.78, 5) is 12.4. The van der Waals surface area contributed by atoms with Gasteiger partial charge in [0.05, 0.1) is 12.9 Å². The van der Waals surface area contributed by atoms with Gasteiger partial charge in [0.1, 0.15) is 5.76 Å². The zero-order valence-corrected chi connectivity index (χ0v) is 11.6. The molecular weight excluding hydrogens is 262 g/mol. The number of carbonyl (C=O) groups excluding carboxylic acids is 1. The number of ether oxygens (including phenoxy) is 1. The predicted molar refractivity (Wildman–Crippen MR) is 75.2 cm³/mol. The third-order valence-corrected chi connectivity index (χ3v) is 3.82. The van der Waals surface area contributed by atoms with Gasteiger partial charge in [-0.05, 0) is 42.8 Å². The Balaban J connectivity index is 2.02. The maximum Gasteiger partial charge on any atom is 0.373 e. The molecule has 0 radical (unpaired) electrons. The molecule has 0 aliphatic rings. The van der Waals surface area contributed by atoms with E-state index in [0.717, 1.165) is 21.9 Å². The number of furan rings is 1. The van der Waals surface area contributed by atoms with Crippen LogP contribution in [0.3, 0.4) is 0 Å². The summed E-state index contributed by atoms with van der Waals surface area (Å²) >= 11 is 1.64. The third kappa shape index (κ3) is 3.32. The topological polar surface area (TPSA) is 65.5 Å². The minimum Gasteiger partial charge on any atom is -0.463 e. The molecule has 0 unspecified atom stereocenters. The van der Waals surface area contributed by atoms with Crippen molar-refractivity contribution >= 4 is 23.4 Å². The van der Waals surface area contributed by atoms with Crippen molar-refractivity contribution in [3.63, 3.8) is 0 Å². The number of esters is 1.